The highest BCUT2D eigenvalue weighted by Gasteiger charge is 2.39. The molecule has 2 fully saturated rings. The van der Waals surface area contributed by atoms with Crippen molar-refractivity contribution in [1.29, 1.82) is 0 Å². The molecule has 0 amide bonds. The highest BCUT2D eigenvalue weighted by atomic mass is 16.5. The van der Waals surface area contributed by atoms with Gasteiger partial charge in [0.25, 0.3) is 0 Å². The van der Waals surface area contributed by atoms with Crippen molar-refractivity contribution in [3.8, 4) is 5.69 Å². The third-order valence-electron chi connectivity index (χ3n) is 7.35. The number of piperidine rings is 2. The summed E-state index contributed by atoms with van der Waals surface area (Å²) in [5.74, 6) is -0.176. The number of rotatable bonds is 5. The molecule has 1 atom stereocenters. The molecule has 5 rings (SSSR count). The molecule has 10 heteroatoms. The van der Waals surface area contributed by atoms with Crippen molar-refractivity contribution in [2.45, 2.75) is 38.7 Å². The molecule has 0 aliphatic carbocycles. The van der Waals surface area contributed by atoms with Crippen LogP contribution >= 0.6 is 0 Å². The second kappa shape index (κ2) is 8.59. The number of tetrazole rings is 1. The first kappa shape index (κ1) is 21.0. The molecule has 0 aromatic carbocycles. The van der Waals surface area contributed by atoms with Crippen LogP contribution in [0.25, 0.3) is 5.69 Å². The zero-order valence-electron chi connectivity index (χ0n) is 18.4. The zero-order chi connectivity index (χ0) is 22.1. The van der Waals surface area contributed by atoms with E-state index in [9.17, 15) is 9.90 Å². The molecule has 2 saturated heterocycles. The van der Waals surface area contributed by atoms with Crippen molar-refractivity contribution in [3.63, 3.8) is 0 Å². The van der Waals surface area contributed by atoms with Gasteiger partial charge in [-0.1, -0.05) is 0 Å². The van der Waals surface area contributed by atoms with Crippen molar-refractivity contribution in [2.75, 3.05) is 39.3 Å². The fourth-order valence-electron chi connectivity index (χ4n) is 5.14. The molecule has 0 bridgehead atoms. The lowest BCUT2D eigenvalue weighted by molar-refractivity contribution is -0.136. The summed E-state index contributed by atoms with van der Waals surface area (Å²) in [5, 5.41) is 22.0. The normalized spacial score (nSPS) is 22.4. The quantitative estimate of drug-likeness (QED) is 0.685. The average Bonchev–Trinajstić information content (AvgIpc) is 3.47. The average molecular weight is 440 g/mol. The van der Waals surface area contributed by atoms with Crippen LogP contribution in [-0.2, 0) is 9.53 Å². The number of ether oxygens (including phenoxy) is 1. The van der Waals surface area contributed by atoms with E-state index >= 15 is 0 Å². The molecule has 32 heavy (non-hydrogen) atoms. The maximum atomic E-state index is 11.7. The second-order valence-corrected chi connectivity index (χ2v) is 9.14. The summed E-state index contributed by atoms with van der Waals surface area (Å²) < 4.78 is 6.74. The topological polar surface area (TPSA) is 110 Å². The monoisotopic (exact) mass is 439 g/mol. The molecule has 1 spiro atoms. The van der Waals surface area contributed by atoms with Crippen LogP contribution in [-0.4, -0.2) is 85.4 Å². The van der Waals surface area contributed by atoms with Gasteiger partial charge in [0.15, 0.2) is 0 Å². The van der Waals surface area contributed by atoms with Gasteiger partial charge in [-0.05, 0) is 73.7 Å². The molecule has 2 aromatic heterocycles. The standard InChI is InChI=1S/C22H29N7O3/c1-16-19(14-32-21(16)31)28-10-5-22(6-11-28)3-8-27(9-4-22)13-20(30)18-12-17(2-7-23-18)29-15-24-25-26-29/h2,7,12,15,20,30H,3-6,8-11,13-14H2,1H3. The Kier molecular flexibility index (Phi) is 5.64. The number of hydrogen-bond acceptors (Lipinski definition) is 9. The summed E-state index contributed by atoms with van der Waals surface area (Å²) in [5.41, 5.74) is 3.62. The van der Waals surface area contributed by atoms with Gasteiger partial charge < -0.3 is 19.6 Å². The molecule has 2 aromatic rings. The van der Waals surface area contributed by atoms with E-state index in [0.717, 1.165) is 68.8 Å². The predicted molar refractivity (Wildman–Crippen MR) is 114 cm³/mol. The summed E-state index contributed by atoms with van der Waals surface area (Å²) >= 11 is 0. The Morgan fingerprint density at radius 1 is 1.19 bits per heavy atom. The van der Waals surface area contributed by atoms with Crippen molar-refractivity contribution in [3.05, 3.63) is 41.6 Å². The molecule has 10 nitrogen and oxygen atoms in total. The van der Waals surface area contributed by atoms with E-state index in [1.54, 1.807) is 10.9 Å². The van der Waals surface area contributed by atoms with Gasteiger partial charge in [-0.2, -0.15) is 0 Å². The summed E-state index contributed by atoms with van der Waals surface area (Å²) in [6.07, 6.45) is 7.11. The first-order valence-electron chi connectivity index (χ1n) is 11.2. The summed E-state index contributed by atoms with van der Waals surface area (Å²) in [6.45, 7) is 6.79. The van der Waals surface area contributed by atoms with Crippen LogP contribution in [0.4, 0.5) is 0 Å². The number of esters is 1. The van der Waals surface area contributed by atoms with Crippen LogP contribution in [0.3, 0.4) is 0 Å². The minimum atomic E-state index is -0.655. The van der Waals surface area contributed by atoms with E-state index in [0.29, 0.717) is 24.3 Å². The number of pyridine rings is 1. The van der Waals surface area contributed by atoms with Crippen LogP contribution < -0.4 is 0 Å². The van der Waals surface area contributed by atoms with Crippen molar-refractivity contribution >= 4 is 5.97 Å². The Morgan fingerprint density at radius 2 is 1.94 bits per heavy atom. The largest absolute Gasteiger partial charge is 0.456 e. The van der Waals surface area contributed by atoms with Crippen molar-refractivity contribution in [1.82, 2.24) is 35.0 Å². The number of cyclic esters (lactones) is 1. The van der Waals surface area contributed by atoms with Crippen LogP contribution in [0.15, 0.2) is 35.9 Å². The fraction of sp³-hybridized carbons (Fsp3) is 0.591. The number of carbonyl (C=O) groups excluding carboxylic acids is 1. The number of likely N-dealkylation sites (tertiary alicyclic amines) is 2. The van der Waals surface area contributed by atoms with Gasteiger partial charge in [-0.15, -0.1) is 5.10 Å². The van der Waals surface area contributed by atoms with Gasteiger partial charge in [0, 0.05) is 25.8 Å². The highest BCUT2D eigenvalue weighted by Crippen LogP contribution is 2.42. The van der Waals surface area contributed by atoms with Gasteiger partial charge in [0.05, 0.1) is 22.7 Å². The van der Waals surface area contributed by atoms with Crippen molar-refractivity contribution < 1.29 is 14.6 Å². The smallest absolute Gasteiger partial charge is 0.335 e. The van der Waals surface area contributed by atoms with Gasteiger partial charge in [-0.25, -0.2) is 9.48 Å². The summed E-state index contributed by atoms with van der Waals surface area (Å²) in [4.78, 5) is 20.7. The maximum Gasteiger partial charge on any atom is 0.335 e. The molecule has 170 valence electrons. The van der Waals surface area contributed by atoms with Crippen LogP contribution in [0, 0.1) is 5.41 Å². The number of aromatic nitrogens is 5. The number of aliphatic hydroxyl groups excluding tert-OH is 1. The SMILES string of the molecule is CC1=C(N2CCC3(CCN(CC(O)c4cc(-n5cnnn5)ccn4)CC3)CC2)COC1=O. The Bertz CT molecular complexity index is 989. The lowest BCUT2D eigenvalue weighted by Gasteiger charge is -2.47. The number of hydrogen-bond donors (Lipinski definition) is 1. The Labute approximate surface area is 186 Å². The summed E-state index contributed by atoms with van der Waals surface area (Å²) in [6, 6.07) is 3.64. The molecule has 0 saturated carbocycles. The van der Waals surface area contributed by atoms with Gasteiger partial charge in [-0.3, -0.25) is 4.98 Å². The van der Waals surface area contributed by atoms with E-state index in [4.69, 9.17) is 4.74 Å². The molecule has 0 radical (unpaired) electrons. The predicted octanol–water partition coefficient (Wildman–Crippen LogP) is 1.10. The number of β-amino-alcohol motifs (C(OH)–C–C–N with tert-alkyl or cyclic N) is 1. The van der Waals surface area contributed by atoms with E-state index < -0.39 is 6.10 Å². The minimum absolute atomic E-state index is 0.176. The van der Waals surface area contributed by atoms with Crippen LogP contribution in [0.2, 0.25) is 0 Å². The molecule has 1 N–H and O–H groups in total. The first-order valence-corrected chi connectivity index (χ1v) is 11.2. The molecule has 3 aliphatic heterocycles. The summed E-state index contributed by atoms with van der Waals surface area (Å²) in [7, 11) is 0. The van der Waals surface area contributed by atoms with Crippen LogP contribution in [0.1, 0.15) is 44.4 Å². The second-order valence-electron chi connectivity index (χ2n) is 9.14. The Hall–Kier alpha value is -2.85. The Morgan fingerprint density at radius 3 is 2.59 bits per heavy atom. The molecular weight excluding hydrogens is 410 g/mol. The third-order valence-corrected chi connectivity index (χ3v) is 7.35. The van der Waals surface area contributed by atoms with E-state index in [2.05, 4.69) is 30.3 Å². The van der Waals surface area contributed by atoms with E-state index in [-0.39, 0.29) is 5.97 Å². The number of carbonyl (C=O) groups is 1. The lowest BCUT2D eigenvalue weighted by atomic mass is 9.71. The van der Waals surface area contributed by atoms with Gasteiger partial charge >= 0.3 is 5.97 Å². The molecule has 1 unspecified atom stereocenters. The molecule has 5 heterocycles. The lowest BCUT2D eigenvalue weighted by Crippen LogP contribution is -2.47. The fourth-order valence-corrected chi connectivity index (χ4v) is 5.14. The van der Waals surface area contributed by atoms with Crippen molar-refractivity contribution in [2.24, 2.45) is 5.41 Å². The number of aliphatic hydroxyl groups is 1. The van der Waals surface area contributed by atoms with E-state index in [1.165, 1.54) is 6.33 Å². The Balaban J connectivity index is 1.14. The van der Waals surface area contributed by atoms with Gasteiger partial charge in [0.1, 0.15) is 19.0 Å². The third kappa shape index (κ3) is 4.12. The first-order chi connectivity index (χ1) is 15.5. The maximum absolute atomic E-state index is 11.7. The minimum Gasteiger partial charge on any atom is -0.456 e. The molecular formula is C22H29N7O3. The number of nitrogens with zero attached hydrogens (tertiary/aromatic N) is 7. The van der Waals surface area contributed by atoms with E-state index in [1.807, 2.05) is 19.1 Å². The van der Waals surface area contributed by atoms with Gasteiger partial charge in [0.2, 0.25) is 0 Å². The van der Waals surface area contributed by atoms with Crippen LogP contribution in [0.5, 0.6) is 0 Å². The highest BCUT2D eigenvalue weighted by molar-refractivity contribution is 5.90. The molecule has 3 aliphatic rings. The zero-order valence-corrected chi connectivity index (χ0v) is 18.4.